The molecule has 0 atom stereocenters. The number of amides is 1. The first-order valence-corrected chi connectivity index (χ1v) is 8.43. The number of esters is 1. The minimum atomic E-state index is -0.784. The third kappa shape index (κ3) is 6.05. The van der Waals surface area contributed by atoms with Gasteiger partial charge in [-0.25, -0.2) is 9.18 Å². The Morgan fingerprint density at radius 1 is 1.00 bits per heavy atom. The van der Waals surface area contributed by atoms with Gasteiger partial charge in [0.15, 0.2) is 13.2 Å². The van der Waals surface area contributed by atoms with Gasteiger partial charge in [0.2, 0.25) is 0 Å². The highest BCUT2D eigenvalue weighted by molar-refractivity contribution is 6.43. The second kappa shape index (κ2) is 9.62. The molecular weight excluding hydrogens is 408 g/mol. The molecule has 1 amide bonds. The molecule has 0 radical (unpaired) electrons. The van der Waals surface area contributed by atoms with E-state index in [1.807, 2.05) is 0 Å². The fourth-order valence-corrected chi connectivity index (χ4v) is 2.42. The maximum absolute atomic E-state index is 13.4. The SMILES string of the molecule is O=C(COC(=O)COc1cc(Cl)c(Cl)cc1Cl)NCc1ccccc1F. The van der Waals surface area contributed by atoms with Crippen molar-refractivity contribution in [3.8, 4) is 5.75 Å². The van der Waals surface area contributed by atoms with Gasteiger partial charge in [-0.2, -0.15) is 0 Å². The van der Waals surface area contributed by atoms with Crippen LogP contribution in [0.3, 0.4) is 0 Å². The van der Waals surface area contributed by atoms with Crippen LogP contribution in [0.5, 0.6) is 5.75 Å². The molecule has 2 aromatic rings. The summed E-state index contributed by atoms with van der Waals surface area (Å²) in [5.41, 5.74) is 0.324. The van der Waals surface area contributed by atoms with Crippen LogP contribution < -0.4 is 10.1 Å². The van der Waals surface area contributed by atoms with E-state index in [4.69, 9.17) is 44.3 Å². The predicted molar refractivity (Wildman–Crippen MR) is 96.2 cm³/mol. The summed E-state index contributed by atoms with van der Waals surface area (Å²) in [5.74, 6) is -1.64. The third-order valence-corrected chi connectivity index (χ3v) is 4.14. The van der Waals surface area contributed by atoms with Gasteiger partial charge in [0.05, 0.1) is 15.1 Å². The van der Waals surface area contributed by atoms with E-state index >= 15 is 0 Å². The summed E-state index contributed by atoms with van der Waals surface area (Å²) in [7, 11) is 0. The Morgan fingerprint density at radius 2 is 1.69 bits per heavy atom. The molecule has 0 aliphatic rings. The monoisotopic (exact) mass is 419 g/mol. The quantitative estimate of drug-likeness (QED) is 0.543. The smallest absolute Gasteiger partial charge is 0.344 e. The molecule has 0 saturated carbocycles. The second-order valence-electron chi connectivity index (χ2n) is 5.01. The van der Waals surface area contributed by atoms with Crippen LogP contribution in [0.1, 0.15) is 5.56 Å². The molecule has 0 aliphatic heterocycles. The summed E-state index contributed by atoms with van der Waals surface area (Å²) in [6.07, 6.45) is 0. The highest BCUT2D eigenvalue weighted by Crippen LogP contribution is 2.33. The van der Waals surface area contributed by atoms with Crippen LogP contribution in [-0.2, 0) is 20.9 Å². The molecule has 0 fully saturated rings. The molecule has 0 aliphatic carbocycles. The van der Waals surface area contributed by atoms with E-state index in [9.17, 15) is 14.0 Å². The summed E-state index contributed by atoms with van der Waals surface area (Å²) in [6.45, 7) is -1.01. The van der Waals surface area contributed by atoms with Crippen LogP contribution in [0, 0.1) is 5.82 Å². The van der Waals surface area contributed by atoms with Crippen molar-refractivity contribution < 1.29 is 23.5 Å². The topological polar surface area (TPSA) is 64.6 Å². The minimum absolute atomic E-state index is 0.0154. The molecule has 1 N–H and O–H groups in total. The summed E-state index contributed by atoms with van der Waals surface area (Å²) in [4.78, 5) is 23.3. The van der Waals surface area contributed by atoms with E-state index < -0.39 is 30.9 Å². The largest absolute Gasteiger partial charge is 0.480 e. The average molecular weight is 421 g/mol. The van der Waals surface area contributed by atoms with Gasteiger partial charge >= 0.3 is 5.97 Å². The van der Waals surface area contributed by atoms with Crippen molar-refractivity contribution in [2.24, 2.45) is 0 Å². The molecule has 0 aromatic heterocycles. The van der Waals surface area contributed by atoms with Crippen molar-refractivity contribution in [1.29, 1.82) is 0 Å². The summed E-state index contributed by atoms with van der Waals surface area (Å²) >= 11 is 17.5. The van der Waals surface area contributed by atoms with Crippen LogP contribution in [-0.4, -0.2) is 25.1 Å². The first-order chi connectivity index (χ1) is 12.4. The predicted octanol–water partition coefficient (Wildman–Crippen LogP) is 4.02. The summed E-state index contributed by atoms with van der Waals surface area (Å²) < 4.78 is 23.4. The Kier molecular flexibility index (Phi) is 7.50. The maximum atomic E-state index is 13.4. The summed E-state index contributed by atoms with van der Waals surface area (Å²) in [6, 6.07) is 8.75. The second-order valence-corrected chi connectivity index (χ2v) is 6.24. The van der Waals surface area contributed by atoms with E-state index in [1.165, 1.54) is 24.3 Å². The van der Waals surface area contributed by atoms with Crippen LogP contribution in [0.15, 0.2) is 36.4 Å². The zero-order chi connectivity index (χ0) is 19.1. The summed E-state index contributed by atoms with van der Waals surface area (Å²) in [5, 5.41) is 3.08. The Balaban J connectivity index is 1.74. The molecule has 0 bridgehead atoms. The van der Waals surface area contributed by atoms with Crippen molar-refractivity contribution in [2.45, 2.75) is 6.54 Å². The average Bonchev–Trinajstić information content (AvgIpc) is 2.61. The molecule has 0 heterocycles. The molecule has 9 heteroatoms. The molecule has 2 aromatic carbocycles. The van der Waals surface area contributed by atoms with Crippen LogP contribution in [0.25, 0.3) is 0 Å². The molecule has 0 spiro atoms. The molecular formula is C17H13Cl3FNO4. The minimum Gasteiger partial charge on any atom is -0.480 e. The van der Waals surface area contributed by atoms with Crippen molar-refractivity contribution >= 4 is 46.7 Å². The van der Waals surface area contributed by atoms with Crippen LogP contribution >= 0.6 is 34.8 Å². The normalized spacial score (nSPS) is 10.3. The van der Waals surface area contributed by atoms with E-state index in [2.05, 4.69) is 5.32 Å². The Bertz CT molecular complexity index is 817. The number of hydrogen-bond acceptors (Lipinski definition) is 4. The van der Waals surface area contributed by atoms with Gasteiger partial charge in [-0.05, 0) is 12.1 Å². The molecule has 5 nitrogen and oxygen atoms in total. The van der Waals surface area contributed by atoms with Gasteiger partial charge in [0.1, 0.15) is 11.6 Å². The van der Waals surface area contributed by atoms with Crippen LogP contribution in [0.4, 0.5) is 4.39 Å². The molecule has 138 valence electrons. The zero-order valence-corrected chi connectivity index (χ0v) is 15.5. The highest BCUT2D eigenvalue weighted by atomic mass is 35.5. The zero-order valence-electron chi connectivity index (χ0n) is 13.2. The lowest BCUT2D eigenvalue weighted by atomic mass is 10.2. The number of halogens is 4. The fourth-order valence-electron chi connectivity index (χ4n) is 1.83. The van der Waals surface area contributed by atoms with Gasteiger partial charge in [-0.15, -0.1) is 0 Å². The van der Waals surface area contributed by atoms with Crippen molar-refractivity contribution in [2.75, 3.05) is 13.2 Å². The molecule has 2 rings (SSSR count). The lowest BCUT2D eigenvalue weighted by Crippen LogP contribution is -2.29. The fraction of sp³-hybridized carbons (Fsp3) is 0.176. The van der Waals surface area contributed by atoms with Crippen LogP contribution in [0.2, 0.25) is 15.1 Å². The first-order valence-electron chi connectivity index (χ1n) is 7.30. The number of ether oxygens (including phenoxy) is 2. The first kappa shape index (κ1) is 20.3. The molecule has 0 unspecified atom stereocenters. The van der Waals surface area contributed by atoms with Gasteiger partial charge in [0, 0.05) is 18.2 Å². The standard InChI is InChI=1S/C17H13Cl3FNO4/c18-11-5-13(20)15(6-12(11)19)25-9-17(24)26-8-16(23)22-7-10-3-1-2-4-14(10)21/h1-6H,7-9H2,(H,22,23). The van der Waals surface area contributed by atoms with Crippen molar-refractivity contribution in [1.82, 2.24) is 5.32 Å². The number of benzene rings is 2. The Hall–Kier alpha value is -2.02. The van der Waals surface area contributed by atoms with E-state index in [-0.39, 0.29) is 27.4 Å². The number of nitrogens with one attached hydrogen (secondary N) is 1. The van der Waals surface area contributed by atoms with E-state index in [0.29, 0.717) is 5.56 Å². The Morgan fingerprint density at radius 3 is 2.42 bits per heavy atom. The molecule has 26 heavy (non-hydrogen) atoms. The lowest BCUT2D eigenvalue weighted by Gasteiger charge is -2.10. The highest BCUT2D eigenvalue weighted by Gasteiger charge is 2.12. The van der Waals surface area contributed by atoms with Crippen molar-refractivity contribution in [3.05, 3.63) is 62.8 Å². The van der Waals surface area contributed by atoms with Gasteiger partial charge < -0.3 is 14.8 Å². The van der Waals surface area contributed by atoms with E-state index in [0.717, 1.165) is 0 Å². The third-order valence-electron chi connectivity index (χ3n) is 3.12. The van der Waals surface area contributed by atoms with Gasteiger partial charge in [0.25, 0.3) is 5.91 Å². The van der Waals surface area contributed by atoms with E-state index in [1.54, 1.807) is 12.1 Å². The molecule has 0 saturated heterocycles. The number of carbonyl (C=O) groups excluding carboxylic acids is 2. The number of carbonyl (C=O) groups is 2. The Labute approximate surface area is 163 Å². The van der Waals surface area contributed by atoms with Gasteiger partial charge in [-0.1, -0.05) is 53.0 Å². The lowest BCUT2D eigenvalue weighted by molar-refractivity contribution is -0.150. The number of rotatable bonds is 7. The van der Waals surface area contributed by atoms with Gasteiger partial charge in [-0.3, -0.25) is 4.79 Å². The maximum Gasteiger partial charge on any atom is 0.344 e. The number of hydrogen-bond donors (Lipinski definition) is 1. The van der Waals surface area contributed by atoms with Crippen molar-refractivity contribution in [3.63, 3.8) is 0 Å².